The molecule has 0 spiro atoms. The van der Waals surface area contributed by atoms with Gasteiger partial charge in [-0.3, -0.25) is 9.80 Å². The molecule has 1 atom stereocenters. The van der Waals surface area contributed by atoms with Crippen LogP contribution in [0.25, 0.3) is 0 Å². The third-order valence-electron chi connectivity index (χ3n) is 5.56. The molecule has 1 aliphatic rings. The summed E-state index contributed by atoms with van der Waals surface area (Å²) in [4.78, 5) is 4.92. The molecule has 0 unspecified atom stereocenters. The number of aliphatic hydroxyl groups excluding tert-OH is 1. The van der Waals surface area contributed by atoms with E-state index < -0.39 is 0 Å². The molecule has 30 heavy (non-hydrogen) atoms. The van der Waals surface area contributed by atoms with E-state index in [-0.39, 0.29) is 6.61 Å². The van der Waals surface area contributed by atoms with Gasteiger partial charge in [-0.2, -0.15) is 0 Å². The van der Waals surface area contributed by atoms with Crippen LogP contribution in [0.4, 0.5) is 0 Å². The molecule has 0 saturated carbocycles. The molecule has 1 aliphatic heterocycles. The fraction of sp³-hybridized carbons (Fsp3) is 0.500. The summed E-state index contributed by atoms with van der Waals surface area (Å²) in [6.07, 6.45) is 0.761. The van der Waals surface area contributed by atoms with Gasteiger partial charge in [-0.05, 0) is 48.7 Å². The molecule has 1 fully saturated rings. The maximum absolute atomic E-state index is 9.64. The molecule has 6 nitrogen and oxygen atoms in total. The van der Waals surface area contributed by atoms with Crippen LogP contribution in [-0.2, 0) is 13.1 Å². The van der Waals surface area contributed by atoms with Crippen LogP contribution in [0.5, 0.6) is 17.2 Å². The molecule has 1 N–H and O–H groups in total. The molecule has 1 heterocycles. The first-order valence-electron chi connectivity index (χ1n) is 10.7. The van der Waals surface area contributed by atoms with Gasteiger partial charge in [-0.15, -0.1) is 0 Å². The van der Waals surface area contributed by atoms with Gasteiger partial charge >= 0.3 is 0 Å². The van der Waals surface area contributed by atoms with Gasteiger partial charge in [0.1, 0.15) is 17.2 Å². The van der Waals surface area contributed by atoms with Crippen molar-refractivity contribution in [3.05, 3.63) is 53.6 Å². The molecule has 0 aliphatic carbocycles. The van der Waals surface area contributed by atoms with Crippen LogP contribution in [0, 0.1) is 0 Å². The molecule has 2 aromatic rings. The minimum atomic E-state index is 0.191. The Morgan fingerprint density at radius 3 is 2.33 bits per heavy atom. The number of piperazine rings is 1. The summed E-state index contributed by atoms with van der Waals surface area (Å²) in [5.74, 6) is 2.53. The molecule has 0 amide bonds. The second kappa shape index (κ2) is 11.2. The highest BCUT2D eigenvalue weighted by atomic mass is 16.5. The van der Waals surface area contributed by atoms with E-state index in [1.165, 1.54) is 5.56 Å². The minimum Gasteiger partial charge on any atom is -0.497 e. The van der Waals surface area contributed by atoms with Crippen molar-refractivity contribution in [2.75, 3.05) is 47.1 Å². The van der Waals surface area contributed by atoms with Gasteiger partial charge in [0.2, 0.25) is 0 Å². The number of rotatable bonds is 10. The lowest BCUT2D eigenvalue weighted by Crippen LogP contribution is -2.52. The number of nitrogens with zero attached hydrogens (tertiary/aromatic N) is 2. The Labute approximate surface area is 180 Å². The van der Waals surface area contributed by atoms with Gasteiger partial charge in [-0.25, -0.2) is 0 Å². The summed E-state index contributed by atoms with van der Waals surface area (Å²) in [5, 5.41) is 9.64. The van der Waals surface area contributed by atoms with E-state index in [0.29, 0.717) is 12.6 Å². The fourth-order valence-electron chi connectivity index (χ4n) is 4.08. The topological polar surface area (TPSA) is 54.4 Å². The van der Waals surface area contributed by atoms with Crippen molar-refractivity contribution in [1.29, 1.82) is 0 Å². The van der Waals surface area contributed by atoms with E-state index in [1.54, 1.807) is 14.2 Å². The third kappa shape index (κ3) is 6.11. The van der Waals surface area contributed by atoms with Gasteiger partial charge in [-0.1, -0.05) is 12.1 Å². The summed E-state index contributed by atoms with van der Waals surface area (Å²) >= 11 is 0. The van der Waals surface area contributed by atoms with Gasteiger partial charge in [0.05, 0.1) is 20.8 Å². The number of ether oxygens (including phenoxy) is 3. The lowest BCUT2D eigenvalue weighted by molar-refractivity contribution is 0.0499. The fourth-order valence-corrected chi connectivity index (χ4v) is 4.08. The second-order valence-electron chi connectivity index (χ2n) is 7.67. The van der Waals surface area contributed by atoms with Crippen molar-refractivity contribution in [3.8, 4) is 17.2 Å². The predicted octanol–water partition coefficient (Wildman–Crippen LogP) is 3.17. The highest BCUT2D eigenvalue weighted by molar-refractivity contribution is 5.38. The number of hydrogen-bond donors (Lipinski definition) is 1. The van der Waals surface area contributed by atoms with Gasteiger partial charge in [0.15, 0.2) is 0 Å². The summed E-state index contributed by atoms with van der Waals surface area (Å²) in [6, 6.07) is 14.6. The van der Waals surface area contributed by atoms with E-state index in [0.717, 1.165) is 62.0 Å². The first-order valence-corrected chi connectivity index (χ1v) is 10.7. The largest absolute Gasteiger partial charge is 0.497 e. The molecule has 6 heteroatoms. The van der Waals surface area contributed by atoms with E-state index in [9.17, 15) is 5.11 Å². The number of hydrogen-bond acceptors (Lipinski definition) is 6. The maximum Gasteiger partial charge on any atom is 0.122 e. The molecule has 164 valence electrons. The Morgan fingerprint density at radius 1 is 0.933 bits per heavy atom. The van der Waals surface area contributed by atoms with E-state index in [1.807, 2.05) is 19.1 Å². The second-order valence-corrected chi connectivity index (χ2v) is 7.67. The van der Waals surface area contributed by atoms with Crippen LogP contribution >= 0.6 is 0 Å². The van der Waals surface area contributed by atoms with Crippen LogP contribution in [0.3, 0.4) is 0 Å². The van der Waals surface area contributed by atoms with Gasteiger partial charge in [0.25, 0.3) is 0 Å². The molecule has 0 radical (unpaired) electrons. The Balaban J connectivity index is 1.66. The third-order valence-corrected chi connectivity index (χ3v) is 5.56. The lowest BCUT2D eigenvalue weighted by atomic mass is 10.1. The van der Waals surface area contributed by atoms with Gasteiger partial charge in [0, 0.05) is 51.4 Å². The van der Waals surface area contributed by atoms with Gasteiger partial charge < -0.3 is 19.3 Å². The van der Waals surface area contributed by atoms with Crippen LogP contribution in [-0.4, -0.2) is 68.0 Å². The molecule has 2 aromatic carbocycles. The summed E-state index contributed by atoms with van der Waals surface area (Å²) in [5.41, 5.74) is 2.42. The predicted molar refractivity (Wildman–Crippen MR) is 118 cm³/mol. The Morgan fingerprint density at radius 2 is 1.67 bits per heavy atom. The maximum atomic E-state index is 9.64. The highest BCUT2D eigenvalue weighted by Crippen LogP contribution is 2.26. The van der Waals surface area contributed by atoms with Crippen LogP contribution in [0.15, 0.2) is 42.5 Å². The molecular weight excluding hydrogens is 380 g/mol. The van der Waals surface area contributed by atoms with Crippen molar-refractivity contribution in [2.45, 2.75) is 32.5 Å². The zero-order valence-corrected chi connectivity index (χ0v) is 18.3. The normalized spacial score (nSPS) is 17.7. The first kappa shape index (κ1) is 22.4. The molecule has 1 saturated heterocycles. The van der Waals surface area contributed by atoms with Crippen LogP contribution < -0.4 is 14.2 Å². The van der Waals surface area contributed by atoms with Crippen molar-refractivity contribution in [1.82, 2.24) is 9.80 Å². The monoisotopic (exact) mass is 414 g/mol. The number of benzene rings is 2. The van der Waals surface area contributed by atoms with Crippen molar-refractivity contribution >= 4 is 0 Å². The SMILES string of the molecule is CCOc1cccc(CN2CCN(Cc3cc(OC)cc(OC)c3)[C@@H](CCO)C2)c1. The first-order chi connectivity index (χ1) is 14.6. The number of methoxy groups -OCH3 is 2. The van der Waals surface area contributed by atoms with Crippen LogP contribution in [0.2, 0.25) is 0 Å². The quantitative estimate of drug-likeness (QED) is 0.645. The minimum absolute atomic E-state index is 0.191. The standard InChI is InChI=1S/C24H34N2O4/c1-4-30-22-7-5-6-19(12-22)16-25-9-10-26(21(18-25)8-11-27)17-20-13-23(28-2)15-24(14-20)29-3/h5-7,12-15,21,27H,4,8-11,16-18H2,1-3H3/t21-/m0/s1. The molecule has 0 bridgehead atoms. The lowest BCUT2D eigenvalue weighted by Gasteiger charge is -2.41. The zero-order valence-electron chi connectivity index (χ0n) is 18.3. The summed E-state index contributed by atoms with van der Waals surface area (Å²) in [7, 11) is 3.35. The van der Waals surface area contributed by atoms with E-state index in [4.69, 9.17) is 14.2 Å². The Kier molecular flexibility index (Phi) is 8.37. The summed E-state index contributed by atoms with van der Waals surface area (Å²) < 4.78 is 16.5. The summed E-state index contributed by atoms with van der Waals surface area (Å²) in [6.45, 7) is 7.45. The molecule has 3 rings (SSSR count). The van der Waals surface area contributed by atoms with Crippen molar-refractivity contribution in [3.63, 3.8) is 0 Å². The Bertz CT molecular complexity index is 776. The van der Waals surface area contributed by atoms with E-state index >= 15 is 0 Å². The van der Waals surface area contributed by atoms with E-state index in [2.05, 4.69) is 40.1 Å². The van der Waals surface area contributed by atoms with Crippen LogP contribution in [0.1, 0.15) is 24.5 Å². The molecular formula is C24H34N2O4. The van der Waals surface area contributed by atoms with Crippen molar-refractivity contribution < 1.29 is 19.3 Å². The highest BCUT2D eigenvalue weighted by Gasteiger charge is 2.27. The average molecular weight is 415 g/mol. The number of aliphatic hydroxyl groups is 1. The molecule has 0 aromatic heterocycles. The smallest absolute Gasteiger partial charge is 0.122 e. The zero-order chi connectivity index (χ0) is 21.3. The van der Waals surface area contributed by atoms with Crippen molar-refractivity contribution in [2.24, 2.45) is 0 Å². The Hall–Kier alpha value is -2.28. The average Bonchev–Trinajstić information content (AvgIpc) is 2.76.